The van der Waals surface area contributed by atoms with Gasteiger partial charge >= 0.3 is 0 Å². The molecule has 1 atom stereocenters. The van der Waals surface area contributed by atoms with Gasteiger partial charge in [-0.3, -0.25) is 9.79 Å². The summed E-state index contributed by atoms with van der Waals surface area (Å²) in [6.45, 7) is 11.6. The zero-order valence-electron chi connectivity index (χ0n) is 17.7. The Bertz CT molecular complexity index is 898. The summed E-state index contributed by atoms with van der Waals surface area (Å²) in [5, 5.41) is 0. The summed E-state index contributed by atoms with van der Waals surface area (Å²) in [6, 6.07) is 11.7. The van der Waals surface area contributed by atoms with Crippen LogP contribution in [0.1, 0.15) is 68.4 Å². The largest absolute Gasteiger partial charge is 0.496 e. The number of hydrogen-bond acceptors (Lipinski definition) is 4. The number of Topliss-reactive ketones (excluding diaryl/α,β-unsaturated/α-hetero) is 1. The molecule has 1 aliphatic rings. The number of aliphatic imine (C=N–C) groups is 1. The van der Waals surface area contributed by atoms with Crippen LogP contribution in [0.3, 0.4) is 0 Å². The maximum Gasteiger partial charge on any atom is 0.159 e. The van der Waals surface area contributed by atoms with Crippen molar-refractivity contribution >= 4 is 23.4 Å². The smallest absolute Gasteiger partial charge is 0.159 e. The topological polar surface area (TPSA) is 41.9 Å². The number of nitrogens with zero attached hydrogens (tertiary/aromatic N) is 2. The lowest BCUT2D eigenvalue weighted by Crippen LogP contribution is -2.48. The van der Waals surface area contributed by atoms with Gasteiger partial charge in [0.05, 0.1) is 12.8 Å². The van der Waals surface area contributed by atoms with E-state index in [1.807, 2.05) is 30.5 Å². The number of anilines is 1. The highest BCUT2D eigenvalue weighted by Crippen LogP contribution is 2.45. The Morgan fingerprint density at radius 1 is 1.29 bits per heavy atom. The van der Waals surface area contributed by atoms with Gasteiger partial charge in [0, 0.05) is 41.2 Å². The molecule has 0 fully saturated rings. The van der Waals surface area contributed by atoms with Crippen LogP contribution >= 0.6 is 0 Å². The van der Waals surface area contributed by atoms with E-state index < -0.39 is 0 Å². The minimum Gasteiger partial charge on any atom is -0.496 e. The van der Waals surface area contributed by atoms with Gasteiger partial charge in [0.1, 0.15) is 5.75 Å². The maximum absolute atomic E-state index is 11.4. The van der Waals surface area contributed by atoms with Crippen LogP contribution in [0.2, 0.25) is 0 Å². The Morgan fingerprint density at radius 2 is 1.96 bits per heavy atom. The van der Waals surface area contributed by atoms with E-state index in [1.54, 1.807) is 14.0 Å². The van der Waals surface area contributed by atoms with Crippen LogP contribution in [0.5, 0.6) is 5.75 Å². The second-order valence-electron chi connectivity index (χ2n) is 8.18. The summed E-state index contributed by atoms with van der Waals surface area (Å²) >= 11 is 0. The van der Waals surface area contributed by atoms with Crippen molar-refractivity contribution in [2.45, 2.75) is 52.5 Å². The Kier molecular flexibility index (Phi) is 5.59. The summed E-state index contributed by atoms with van der Waals surface area (Å²) in [5.74, 6) is 1.36. The van der Waals surface area contributed by atoms with Crippen molar-refractivity contribution in [2.75, 3.05) is 18.6 Å². The van der Waals surface area contributed by atoms with Crippen molar-refractivity contribution in [1.29, 1.82) is 0 Å². The molecular weight excluding hydrogens is 348 g/mol. The predicted molar refractivity (Wildman–Crippen MR) is 117 cm³/mol. The van der Waals surface area contributed by atoms with E-state index >= 15 is 0 Å². The Balaban J connectivity index is 1.98. The van der Waals surface area contributed by atoms with Crippen molar-refractivity contribution in [2.24, 2.45) is 4.99 Å². The van der Waals surface area contributed by atoms with Gasteiger partial charge in [-0.15, -0.1) is 0 Å². The zero-order valence-corrected chi connectivity index (χ0v) is 17.7. The molecule has 1 heterocycles. The van der Waals surface area contributed by atoms with Gasteiger partial charge < -0.3 is 9.64 Å². The predicted octanol–water partition coefficient (Wildman–Crippen LogP) is 5.76. The molecule has 2 aromatic carbocycles. The third-order valence-electron chi connectivity index (χ3n) is 5.68. The molecule has 0 aliphatic carbocycles. The van der Waals surface area contributed by atoms with E-state index in [-0.39, 0.29) is 11.3 Å². The van der Waals surface area contributed by atoms with E-state index in [0.29, 0.717) is 11.5 Å². The van der Waals surface area contributed by atoms with Crippen LogP contribution in [0.15, 0.2) is 41.4 Å². The summed E-state index contributed by atoms with van der Waals surface area (Å²) in [7, 11) is 1.70. The first-order chi connectivity index (χ1) is 13.3. The lowest BCUT2D eigenvalue weighted by molar-refractivity contribution is 0.101. The van der Waals surface area contributed by atoms with Crippen molar-refractivity contribution in [3.8, 4) is 5.75 Å². The molecule has 0 amide bonds. The standard InChI is InChI=1S/C24H30N2O2/c1-7-26-22-13-23(28-6)19(12-21(22)16(2)14-24(26,4)5)15-25-20-10-8-18(9-11-20)17(3)27/h8-13,15-16H,7,14H2,1-6H3. The number of carbonyl (C=O) groups is 1. The van der Waals surface area contributed by atoms with E-state index in [1.165, 1.54) is 11.3 Å². The third-order valence-corrected chi connectivity index (χ3v) is 5.68. The Hall–Kier alpha value is -2.62. The van der Waals surface area contributed by atoms with Crippen LogP contribution in [-0.2, 0) is 0 Å². The first kappa shape index (κ1) is 20.1. The van der Waals surface area contributed by atoms with E-state index in [4.69, 9.17) is 4.74 Å². The fourth-order valence-corrected chi connectivity index (χ4v) is 4.33. The van der Waals surface area contributed by atoms with Gasteiger partial charge in [-0.2, -0.15) is 0 Å². The number of hydrogen-bond donors (Lipinski definition) is 0. The van der Waals surface area contributed by atoms with Crippen LogP contribution in [0.25, 0.3) is 0 Å². The van der Waals surface area contributed by atoms with E-state index in [0.717, 1.165) is 30.0 Å². The highest BCUT2D eigenvalue weighted by Gasteiger charge is 2.36. The molecule has 4 nitrogen and oxygen atoms in total. The van der Waals surface area contributed by atoms with E-state index in [2.05, 4.69) is 49.7 Å². The quantitative estimate of drug-likeness (QED) is 0.490. The van der Waals surface area contributed by atoms with Crippen LogP contribution in [0.4, 0.5) is 11.4 Å². The van der Waals surface area contributed by atoms with E-state index in [9.17, 15) is 4.79 Å². The lowest BCUT2D eigenvalue weighted by atomic mass is 9.79. The van der Waals surface area contributed by atoms with Crippen molar-refractivity contribution in [1.82, 2.24) is 0 Å². The average molecular weight is 379 g/mol. The second kappa shape index (κ2) is 7.78. The fraction of sp³-hybridized carbons (Fsp3) is 0.417. The lowest BCUT2D eigenvalue weighted by Gasteiger charge is -2.47. The van der Waals surface area contributed by atoms with Gasteiger partial charge in [-0.05, 0) is 75.9 Å². The monoisotopic (exact) mass is 378 g/mol. The molecule has 0 spiro atoms. The molecule has 148 valence electrons. The van der Waals surface area contributed by atoms with Gasteiger partial charge in [0.15, 0.2) is 5.78 Å². The van der Waals surface area contributed by atoms with Crippen LogP contribution < -0.4 is 9.64 Å². The van der Waals surface area contributed by atoms with Crippen molar-refractivity contribution in [3.05, 3.63) is 53.1 Å². The third kappa shape index (κ3) is 3.82. The van der Waals surface area contributed by atoms with Gasteiger partial charge in [-0.25, -0.2) is 0 Å². The molecular formula is C24H30N2O2. The normalized spacial score (nSPS) is 18.2. The molecule has 0 N–H and O–H groups in total. The van der Waals surface area contributed by atoms with Gasteiger partial charge in [0.2, 0.25) is 0 Å². The molecule has 4 heteroatoms. The number of methoxy groups -OCH3 is 1. The fourth-order valence-electron chi connectivity index (χ4n) is 4.33. The highest BCUT2D eigenvalue weighted by molar-refractivity contribution is 5.94. The molecule has 3 rings (SSSR count). The first-order valence-electron chi connectivity index (χ1n) is 9.91. The van der Waals surface area contributed by atoms with Crippen LogP contribution in [-0.4, -0.2) is 31.2 Å². The number of benzene rings is 2. The summed E-state index contributed by atoms with van der Waals surface area (Å²) in [5.41, 5.74) is 5.21. The number of fused-ring (bicyclic) bond motifs is 1. The maximum atomic E-state index is 11.4. The molecule has 0 bridgehead atoms. The molecule has 0 radical (unpaired) electrons. The first-order valence-corrected chi connectivity index (χ1v) is 9.91. The molecule has 1 unspecified atom stereocenters. The van der Waals surface area contributed by atoms with Crippen molar-refractivity contribution in [3.63, 3.8) is 0 Å². The Morgan fingerprint density at radius 3 is 2.54 bits per heavy atom. The van der Waals surface area contributed by atoms with Crippen LogP contribution in [0, 0.1) is 0 Å². The van der Waals surface area contributed by atoms with Gasteiger partial charge in [0.25, 0.3) is 0 Å². The van der Waals surface area contributed by atoms with Crippen molar-refractivity contribution < 1.29 is 9.53 Å². The number of ether oxygens (including phenoxy) is 1. The highest BCUT2D eigenvalue weighted by atomic mass is 16.5. The zero-order chi connectivity index (χ0) is 20.5. The SMILES string of the molecule is CCN1c2cc(OC)c(C=Nc3ccc(C(C)=O)cc3)cc2C(C)CC1(C)C. The molecule has 0 aromatic heterocycles. The molecule has 28 heavy (non-hydrogen) atoms. The second-order valence-corrected chi connectivity index (χ2v) is 8.18. The summed E-state index contributed by atoms with van der Waals surface area (Å²) in [4.78, 5) is 18.5. The average Bonchev–Trinajstić information content (AvgIpc) is 2.65. The molecule has 2 aromatic rings. The number of rotatable bonds is 5. The molecule has 1 aliphatic heterocycles. The Labute approximate surface area is 168 Å². The van der Waals surface area contributed by atoms with Gasteiger partial charge in [-0.1, -0.05) is 6.92 Å². The number of carbonyl (C=O) groups excluding carboxylic acids is 1. The minimum absolute atomic E-state index is 0.0595. The number of ketones is 1. The molecule has 0 saturated heterocycles. The summed E-state index contributed by atoms with van der Waals surface area (Å²) < 4.78 is 5.68. The summed E-state index contributed by atoms with van der Waals surface area (Å²) in [6.07, 6.45) is 2.97. The molecule has 0 saturated carbocycles. The minimum atomic E-state index is 0.0595.